The van der Waals surface area contributed by atoms with Crippen molar-refractivity contribution < 1.29 is 0 Å². The number of pyridine rings is 1. The lowest BCUT2D eigenvalue weighted by Crippen LogP contribution is -2.38. The third kappa shape index (κ3) is 2.77. The third-order valence-electron chi connectivity index (χ3n) is 4.28. The van der Waals surface area contributed by atoms with E-state index < -0.39 is 0 Å². The largest absolute Gasteiger partial charge is 0.366 e. The molecule has 1 aliphatic heterocycles. The Labute approximate surface area is 135 Å². The second kappa shape index (κ2) is 5.96. The van der Waals surface area contributed by atoms with Crippen LogP contribution in [0, 0.1) is 6.92 Å². The van der Waals surface area contributed by atoms with Gasteiger partial charge >= 0.3 is 0 Å². The van der Waals surface area contributed by atoms with Crippen LogP contribution in [0.25, 0.3) is 16.9 Å². The summed E-state index contributed by atoms with van der Waals surface area (Å²) in [6.07, 6.45) is 8.00. The van der Waals surface area contributed by atoms with Crippen molar-refractivity contribution in [2.75, 3.05) is 18.4 Å². The quantitative estimate of drug-likeness (QED) is 0.777. The van der Waals surface area contributed by atoms with Gasteiger partial charge in [-0.05, 0) is 38.4 Å². The molecule has 0 amide bonds. The van der Waals surface area contributed by atoms with E-state index in [1.807, 2.05) is 48.2 Å². The van der Waals surface area contributed by atoms with Crippen molar-refractivity contribution in [3.05, 3.63) is 42.4 Å². The molecule has 6 heteroatoms. The van der Waals surface area contributed by atoms with Gasteiger partial charge in [0.2, 0.25) is 0 Å². The summed E-state index contributed by atoms with van der Waals surface area (Å²) in [5.41, 5.74) is 3.04. The van der Waals surface area contributed by atoms with Crippen molar-refractivity contribution in [3.8, 4) is 11.4 Å². The van der Waals surface area contributed by atoms with Crippen LogP contribution in [0.1, 0.15) is 18.4 Å². The van der Waals surface area contributed by atoms with E-state index in [4.69, 9.17) is 4.98 Å². The van der Waals surface area contributed by atoms with Crippen LogP contribution >= 0.6 is 0 Å². The minimum atomic E-state index is 0.425. The number of fused-ring (bicyclic) bond motifs is 1. The summed E-state index contributed by atoms with van der Waals surface area (Å²) in [5.74, 6) is 1.63. The molecule has 3 aromatic heterocycles. The summed E-state index contributed by atoms with van der Waals surface area (Å²) < 4.78 is 1.84. The Hall–Kier alpha value is -2.47. The van der Waals surface area contributed by atoms with Gasteiger partial charge in [-0.25, -0.2) is 14.5 Å². The van der Waals surface area contributed by atoms with Crippen molar-refractivity contribution >= 4 is 11.3 Å². The Morgan fingerprint density at radius 1 is 1.30 bits per heavy atom. The number of rotatable bonds is 3. The van der Waals surface area contributed by atoms with E-state index in [9.17, 15) is 0 Å². The molecule has 2 N–H and O–H groups in total. The van der Waals surface area contributed by atoms with Crippen LogP contribution in [0.5, 0.6) is 0 Å². The lowest BCUT2D eigenvalue weighted by atomic mass is 10.1. The summed E-state index contributed by atoms with van der Waals surface area (Å²) in [5, 5.41) is 11.3. The average molecular weight is 308 g/mol. The number of hydrogen-bond donors (Lipinski definition) is 2. The monoisotopic (exact) mass is 308 g/mol. The highest BCUT2D eigenvalue weighted by Gasteiger charge is 2.16. The number of piperidine rings is 1. The van der Waals surface area contributed by atoms with E-state index in [0.717, 1.165) is 35.6 Å². The van der Waals surface area contributed by atoms with Gasteiger partial charge in [0, 0.05) is 30.5 Å². The Kier molecular flexibility index (Phi) is 3.67. The summed E-state index contributed by atoms with van der Waals surface area (Å²) >= 11 is 0. The minimum Gasteiger partial charge on any atom is -0.366 e. The number of hydrogen-bond acceptors (Lipinski definition) is 5. The molecule has 1 saturated heterocycles. The van der Waals surface area contributed by atoms with Crippen LogP contribution in [0.3, 0.4) is 0 Å². The molecule has 0 saturated carbocycles. The predicted molar refractivity (Wildman–Crippen MR) is 90.5 cm³/mol. The van der Waals surface area contributed by atoms with Crippen LogP contribution in [0.2, 0.25) is 0 Å². The lowest BCUT2D eigenvalue weighted by Gasteiger charge is -2.25. The highest BCUT2D eigenvalue weighted by Crippen LogP contribution is 2.24. The molecule has 1 fully saturated rings. The van der Waals surface area contributed by atoms with Gasteiger partial charge in [-0.3, -0.25) is 0 Å². The molecule has 4 heterocycles. The van der Waals surface area contributed by atoms with Crippen molar-refractivity contribution in [1.29, 1.82) is 0 Å². The molecule has 0 aromatic carbocycles. The molecule has 118 valence electrons. The van der Waals surface area contributed by atoms with Crippen molar-refractivity contribution in [2.24, 2.45) is 0 Å². The first-order valence-corrected chi connectivity index (χ1v) is 8.05. The van der Waals surface area contributed by atoms with Crippen LogP contribution < -0.4 is 10.6 Å². The van der Waals surface area contributed by atoms with Crippen LogP contribution in [0.4, 0.5) is 5.82 Å². The van der Waals surface area contributed by atoms with Gasteiger partial charge in [0.15, 0.2) is 5.82 Å². The van der Waals surface area contributed by atoms with E-state index in [1.165, 1.54) is 12.8 Å². The third-order valence-corrected chi connectivity index (χ3v) is 4.28. The normalized spacial score (nSPS) is 18.2. The first kappa shape index (κ1) is 14.1. The maximum atomic E-state index is 4.76. The Morgan fingerprint density at radius 2 is 2.26 bits per heavy atom. The van der Waals surface area contributed by atoms with E-state index in [1.54, 1.807) is 0 Å². The first-order chi connectivity index (χ1) is 11.3. The summed E-state index contributed by atoms with van der Waals surface area (Å²) in [6, 6.07) is 6.42. The molecule has 3 aromatic rings. The van der Waals surface area contributed by atoms with Gasteiger partial charge in [0.25, 0.3) is 0 Å². The van der Waals surface area contributed by atoms with Crippen LogP contribution in [0.15, 0.2) is 36.8 Å². The highest BCUT2D eigenvalue weighted by atomic mass is 15.2. The summed E-state index contributed by atoms with van der Waals surface area (Å²) in [4.78, 5) is 9.26. The smallest absolute Gasteiger partial charge is 0.165 e. The zero-order chi connectivity index (χ0) is 15.6. The van der Waals surface area contributed by atoms with Crippen molar-refractivity contribution in [3.63, 3.8) is 0 Å². The Bertz CT molecular complexity index is 819. The van der Waals surface area contributed by atoms with Gasteiger partial charge < -0.3 is 10.6 Å². The number of aromatic nitrogens is 4. The molecule has 0 bridgehead atoms. The highest BCUT2D eigenvalue weighted by molar-refractivity contribution is 5.76. The summed E-state index contributed by atoms with van der Waals surface area (Å²) in [7, 11) is 0. The SMILES string of the molecule is Cc1cnc(-c2cnn3ccccc23)nc1N[C@@H]1CCCNC1. The number of nitrogens with one attached hydrogen (secondary N) is 2. The zero-order valence-corrected chi connectivity index (χ0v) is 13.2. The molecule has 1 aliphatic rings. The zero-order valence-electron chi connectivity index (χ0n) is 13.2. The maximum absolute atomic E-state index is 4.76. The van der Waals surface area contributed by atoms with Gasteiger partial charge in [-0.15, -0.1) is 0 Å². The first-order valence-electron chi connectivity index (χ1n) is 8.05. The molecule has 0 aliphatic carbocycles. The van der Waals surface area contributed by atoms with E-state index >= 15 is 0 Å². The van der Waals surface area contributed by atoms with Crippen molar-refractivity contribution in [1.82, 2.24) is 24.9 Å². The maximum Gasteiger partial charge on any atom is 0.165 e. The van der Waals surface area contributed by atoms with E-state index in [0.29, 0.717) is 11.9 Å². The van der Waals surface area contributed by atoms with E-state index in [-0.39, 0.29) is 0 Å². The Morgan fingerprint density at radius 3 is 3.13 bits per heavy atom. The number of nitrogens with zero attached hydrogens (tertiary/aromatic N) is 4. The molecule has 23 heavy (non-hydrogen) atoms. The van der Waals surface area contributed by atoms with Crippen molar-refractivity contribution in [2.45, 2.75) is 25.8 Å². The summed E-state index contributed by atoms with van der Waals surface area (Å²) in [6.45, 7) is 4.13. The predicted octanol–water partition coefficient (Wildman–Crippen LogP) is 2.26. The molecular weight excluding hydrogens is 288 g/mol. The average Bonchev–Trinajstić information content (AvgIpc) is 3.02. The fraction of sp³-hybridized carbons (Fsp3) is 0.353. The Balaban J connectivity index is 1.68. The fourth-order valence-corrected chi connectivity index (χ4v) is 2.99. The minimum absolute atomic E-state index is 0.425. The van der Waals surface area contributed by atoms with Gasteiger partial charge in [0.05, 0.1) is 17.3 Å². The molecule has 0 unspecified atom stereocenters. The second-order valence-corrected chi connectivity index (χ2v) is 6.00. The van der Waals surface area contributed by atoms with E-state index in [2.05, 4.69) is 20.7 Å². The van der Waals surface area contributed by atoms with Gasteiger partial charge in [0.1, 0.15) is 5.82 Å². The topological polar surface area (TPSA) is 67.1 Å². The lowest BCUT2D eigenvalue weighted by molar-refractivity contribution is 0.479. The fourth-order valence-electron chi connectivity index (χ4n) is 2.99. The molecule has 1 atom stereocenters. The second-order valence-electron chi connectivity index (χ2n) is 6.00. The number of aryl methyl sites for hydroxylation is 1. The van der Waals surface area contributed by atoms with Crippen LogP contribution in [-0.4, -0.2) is 38.7 Å². The molecule has 0 radical (unpaired) electrons. The number of anilines is 1. The molecular formula is C17H20N6. The van der Waals surface area contributed by atoms with Crippen LogP contribution in [-0.2, 0) is 0 Å². The van der Waals surface area contributed by atoms with Gasteiger partial charge in [-0.2, -0.15) is 5.10 Å². The molecule has 0 spiro atoms. The molecule has 6 nitrogen and oxygen atoms in total. The van der Waals surface area contributed by atoms with Gasteiger partial charge in [-0.1, -0.05) is 6.07 Å². The molecule has 4 rings (SSSR count). The standard InChI is InChI=1S/C17H20N6/c1-12-9-19-17(14-11-20-23-8-3-2-6-15(14)23)22-16(12)21-13-5-4-7-18-10-13/h2-3,6,8-9,11,13,18H,4-5,7,10H2,1H3,(H,19,21,22)/t13-/m1/s1.